The maximum absolute atomic E-state index is 11.1. The highest BCUT2D eigenvalue weighted by Gasteiger charge is 2.42. The second-order valence-corrected chi connectivity index (χ2v) is 11.0. The summed E-state index contributed by atoms with van der Waals surface area (Å²) in [4.78, 5) is 17.6. The summed E-state index contributed by atoms with van der Waals surface area (Å²) < 4.78 is 12.2. The minimum Gasteiger partial charge on any atom is -0.476 e. The lowest BCUT2D eigenvalue weighted by Crippen LogP contribution is -2.23. The standard InChI is InChI=1S/C24H23Cl2N3O4S/c25-17-2-1-3-18(26)20(17)21-16(22(33-28-21)12-4-5-12)10-32-15-6-13-8-29(9-14(13)7-15)24-27-19(11-34-24)23(30)31/h1-3,11-15H,4-10H2,(H,30,31). The van der Waals surface area contributed by atoms with Gasteiger partial charge >= 0.3 is 5.97 Å². The number of carbonyl (C=O) groups is 1. The number of fused-ring (bicyclic) bond motifs is 1. The summed E-state index contributed by atoms with van der Waals surface area (Å²) in [7, 11) is 0. The quantitative estimate of drug-likeness (QED) is 0.402. The van der Waals surface area contributed by atoms with Crippen molar-refractivity contribution in [1.29, 1.82) is 0 Å². The van der Waals surface area contributed by atoms with Gasteiger partial charge in [0.15, 0.2) is 10.8 Å². The first-order chi connectivity index (χ1) is 16.5. The summed E-state index contributed by atoms with van der Waals surface area (Å²) in [6, 6.07) is 5.44. The van der Waals surface area contributed by atoms with Gasteiger partial charge < -0.3 is 19.3 Å². The highest BCUT2D eigenvalue weighted by Crippen LogP contribution is 2.47. The van der Waals surface area contributed by atoms with E-state index in [1.807, 2.05) is 18.2 Å². The molecule has 0 spiro atoms. The van der Waals surface area contributed by atoms with Crippen LogP contribution in [0.5, 0.6) is 0 Å². The Morgan fingerprint density at radius 1 is 1.21 bits per heavy atom. The molecule has 34 heavy (non-hydrogen) atoms. The Labute approximate surface area is 210 Å². The second-order valence-electron chi connectivity index (χ2n) is 9.39. The first-order valence-electron chi connectivity index (χ1n) is 11.5. The lowest BCUT2D eigenvalue weighted by molar-refractivity contribution is 0.0403. The van der Waals surface area contributed by atoms with Crippen LogP contribution >= 0.6 is 34.5 Å². The number of rotatable bonds is 7. The van der Waals surface area contributed by atoms with Gasteiger partial charge in [-0.1, -0.05) is 34.4 Å². The summed E-state index contributed by atoms with van der Waals surface area (Å²) >= 11 is 14.3. The number of aromatic nitrogens is 2. The molecule has 0 bridgehead atoms. The molecule has 1 saturated heterocycles. The summed E-state index contributed by atoms with van der Waals surface area (Å²) in [5.41, 5.74) is 2.45. The van der Waals surface area contributed by atoms with E-state index in [4.69, 9.17) is 37.6 Å². The third-order valence-electron chi connectivity index (χ3n) is 7.12. The molecule has 2 unspecified atom stereocenters. The summed E-state index contributed by atoms with van der Waals surface area (Å²) in [6.07, 6.45) is 4.32. The SMILES string of the molecule is O=C(O)c1csc(N2CC3CC(OCc4c(-c5c(Cl)cccc5Cl)noc4C4CC4)CC3C2)n1. The number of ether oxygens (including phenoxy) is 1. The normalized spacial score (nSPS) is 24.1. The molecule has 3 fully saturated rings. The molecule has 3 aliphatic rings. The van der Waals surface area contributed by atoms with Crippen LogP contribution in [-0.2, 0) is 11.3 Å². The number of halogens is 2. The zero-order valence-corrected chi connectivity index (χ0v) is 20.6. The van der Waals surface area contributed by atoms with Crippen molar-refractivity contribution in [2.24, 2.45) is 11.8 Å². The van der Waals surface area contributed by atoms with Crippen molar-refractivity contribution >= 4 is 45.6 Å². The number of hydrogen-bond donors (Lipinski definition) is 1. The van der Waals surface area contributed by atoms with Gasteiger partial charge in [-0.3, -0.25) is 0 Å². The molecule has 2 saturated carbocycles. The number of benzene rings is 1. The molecule has 178 valence electrons. The number of nitrogens with zero attached hydrogens (tertiary/aromatic N) is 3. The molecule has 2 atom stereocenters. The van der Waals surface area contributed by atoms with E-state index >= 15 is 0 Å². The molecule has 3 aromatic rings. The number of anilines is 1. The van der Waals surface area contributed by atoms with Crippen molar-refractivity contribution in [1.82, 2.24) is 10.1 Å². The Balaban J connectivity index is 1.14. The van der Waals surface area contributed by atoms with E-state index < -0.39 is 5.97 Å². The first-order valence-corrected chi connectivity index (χ1v) is 13.1. The van der Waals surface area contributed by atoms with E-state index in [9.17, 15) is 4.79 Å². The van der Waals surface area contributed by atoms with Crippen LogP contribution in [0.1, 0.15) is 53.4 Å². The molecule has 0 amide bonds. The van der Waals surface area contributed by atoms with E-state index in [-0.39, 0.29) is 11.8 Å². The fourth-order valence-electron chi connectivity index (χ4n) is 5.29. The van der Waals surface area contributed by atoms with Crippen molar-refractivity contribution in [2.75, 3.05) is 18.0 Å². The minimum absolute atomic E-state index is 0.118. The molecular formula is C24H23Cl2N3O4S. The zero-order chi connectivity index (χ0) is 23.4. The Bertz CT molecular complexity index is 1210. The molecule has 3 heterocycles. The van der Waals surface area contributed by atoms with Crippen molar-refractivity contribution in [2.45, 2.75) is 44.3 Å². The van der Waals surface area contributed by atoms with E-state index in [1.54, 1.807) is 5.38 Å². The maximum Gasteiger partial charge on any atom is 0.355 e. The number of carboxylic acid groups (broad SMARTS) is 1. The van der Waals surface area contributed by atoms with Gasteiger partial charge in [0.1, 0.15) is 11.5 Å². The molecule has 1 aromatic carbocycles. The average molecular weight is 520 g/mol. The molecule has 0 radical (unpaired) electrons. The van der Waals surface area contributed by atoms with Crippen molar-refractivity contribution < 1.29 is 19.2 Å². The van der Waals surface area contributed by atoms with Gasteiger partial charge in [0, 0.05) is 35.5 Å². The third kappa shape index (κ3) is 4.11. The Morgan fingerprint density at radius 2 is 1.91 bits per heavy atom. The van der Waals surface area contributed by atoms with Gasteiger partial charge in [-0.2, -0.15) is 0 Å². The van der Waals surface area contributed by atoms with Crippen LogP contribution in [0.3, 0.4) is 0 Å². The highest BCUT2D eigenvalue weighted by molar-refractivity contribution is 7.13. The molecule has 2 aromatic heterocycles. The average Bonchev–Trinajstić information content (AvgIpc) is 3.15. The molecule has 10 heteroatoms. The second kappa shape index (κ2) is 8.82. The fourth-order valence-corrected chi connectivity index (χ4v) is 6.69. The summed E-state index contributed by atoms with van der Waals surface area (Å²) in [5, 5.41) is 17.0. The van der Waals surface area contributed by atoms with Crippen LogP contribution < -0.4 is 4.90 Å². The van der Waals surface area contributed by atoms with Gasteiger partial charge in [0.25, 0.3) is 0 Å². The van der Waals surface area contributed by atoms with Crippen molar-refractivity contribution in [3.05, 3.63) is 50.6 Å². The lowest BCUT2D eigenvalue weighted by atomic mass is 10.0. The molecule has 7 nitrogen and oxygen atoms in total. The van der Waals surface area contributed by atoms with Gasteiger partial charge in [-0.25, -0.2) is 9.78 Å². The van der Waals surface area contributed by atoms with Crippen molar-refractivity contribution in [3.8, 4) is 11.3 Å². The molecule has 1 N–H and O–H groups in total. The molecule has 6 rings (SSSR count). The van der Waals surface area contributed by atoms with E-state index in [1.165, 1.54) is 11.3 Å². The van der Waals surface area contributed by atoms with Gasteiger partial charge in [-0.05, 0) is 49.7 Å². The minimum atomic E-state index is -0.980. The van der Waals surface area contributed by atoms with Crippen molar-refractivity contribution in [3.63, 3.8) is 0 Å². The largest absolute Gasteiger partial charge is 0.476 e. The van der Waals surface area contributed by atoms with E-state index in [0.29, 0.717) is 45.7 Å². The van der Waals surface area contributed by atoms with Crippen LogP contribution in [-0.4, -0.2) is 40.4 Å². The van der Waals surface area contributed by atoms with Crippen LogP contribution in [0, 0.1) is 11.8 Å². The van der Waals surface area contributed by atoms with Crippen LogP contribution in [0.25, 0.3) is 11.3 Å². The monoisotopic (exact) mass is 519 g/mol. The van der Waals surface area contributed by atoms with Gasteiger partial charge in [0.05, 0.1) is 22.8 Å². The Morgan fingerprint density at radius 3 is 2.53 bits per heavy atom. The molecular weight excluding hydrogens is 497 g/mol. The van der Waals surface area contributed by atoms with Crippen LogP contribution in [0.15, 0.2) is 28.1 Å². The van der Waals surface area contributed by atoms with Crippen LogP contribution in [0.2, 0.25) is 10.0 Å². The Kier molecular flexibility index (Phi) is 5.80. The maximum atomic E-state index is 11.1. The third-order valence-corrected chi connectivity index (χ3v) is 8.65. The van der Waals surface area contributed by atoms with E-state index in [0.717, 1.165) is 55.2 Å². The predicted octanol–water partition coefficient (Wildman–Crippen LogP) is 6.11. The predicted molar refractivity (Wildman–Crippen MR) is 130 cm³/mol. The topological polar surface area (TPSA) is 88.7 Å². The highest BCUT2D eigenvalue weighted by atomic mass is 35.5. The smallest absolute Gasteiger partial charge is 0.355 e. The van der Waals surface area contributed by atoms with E-state index in [2.05, 4.69) is 15.0 Å². The lowest BCUT2D eigenvalue weighted by Gasteiger charge is -2.19. The number of carboxylic acids is 1. The fraction of sp³-hybridized carbons (Fsp3) is 0.458. The van der Waals surface area contributed by atoms with Crippen LogP contribution in [0.4, 0.5) is 5.13 Å². The molecule has 2 aliphatic carbocycles. The number of thiazole rings is 1. The first kappa shape index (κ1) is 22.3. The van der Waals surface area contributed by atoms with Gasteiger partial charge in [0.2, 0.25) is 0 Å². The summed E-state index contributed by atoms with van der Waals surface area (Å²) in [5.74, 6) is 1.35. The van der Waals surface area contributed by atoms with Gasteiger partial charge in [-0.15, -0.1) is 11.3 Å². The zero-order valence-electron chi connectivity index (χ0n) is 18.2. The summed E-state index contributed by atoms with van der Waals surface area (Å²) in [6.45, 7) is 2.20. The Hall–Kier alpha value is -2.13. The number of aromatic carboxylic acids is 1. The molecule has 1 aliphatic heterocycles. The number of hydrogen-bond acceptors (Lipinski definition) is 7.